The van der Waals surface area contributed by atoms with Crippen molar-refractivity contribution in [2.75, 3.05) is 37.7 Å². The number of halogens is 3. The topological polar surface area (TPSA) is 95.9 Å². The molecule has 12 heteroatoms. The first-order valence-electron chi connectivity index (χ1n) is 16.3. The summed E-state index contributed by atoms with van der Waals surface area (Å²) in [6.07, 6.45) is 9.99. The molecule has 0 radical (unpaired) electrons. The van der Waals surface area contributed by atoms with Gasteiger partial charge in [-0.05, 0) is 55.8 Å². The van der Waals surface area contributed by atoms with E-state index in [2.05, 4.69) is 31.0 Å². The molecular weight excluding hydrogens is 609 g/mol. The number of benzene rings is 2. The molecule has 2 N–H and O–H groups in total. The predicted octanol–water partition coefficient (Wildman–Crippen LogP) is 4.86. The molecule has 4 fully saturated rings. The minimum Gasteiger partial charge on any atom is -0.508 e. The summed E-state index contributed by atoms with van der Waals surface area (Å²) in [5.74, 6) is 1.37. The Morgan fingerprint density at radius 1 is 1.13 bits per heavy atom. The fourth-order valence-electron chi connectivity index (χ4n) is 8.76. The third-order valence-corrected chi connectivity index (χ3v) is 10.9. The van der Waals surface area contributed by atoms with Gasteiger partial charge in [0.2, 0.25) is 5.88 Å². The monoisotopic (exact) mass is 642 g/mol. The molecule has 9 nitrogen and oxygen atoms in total. The molecule has 5 aliphatic rings. The number of fused-ring (bicyclic) bond motifs is 7. The summed E-state index contributed by atoms with van der Waals surface area (Å²) in [6.45, 7) is 2.27. The highest BCUT2D eigenvalue weighted by Gasteiger charge is 2.50. The number of nitrogens with one attached hydrogen (secondary N) is 1. The second kappa shape index (κ2) is 10.6. The number of terminal acetylenes is 1. The summed E-state index contributed by atoms with van der Waals surface area (Å²) in [4.78, 5) is 18.5. The van der Waals surface area contributed by atoms with Crippen LogP contribution >= 0.6 is 0 Å². The zero-order chi connectivity index (χ0) is 32.0. The molecule has 9 rings (SSSR count). The number of pyridine rings is 1. The number of anilines is 1. The SMILES string of the molecule is C#Cc1c(F)ccc2cc(O)cc(-c3nc4c5c(nc(OC[C@@]67CCCN6C[C@H](F)C7)nc5c3F)N3C[C@@H]5CCC[C@@H](N5)[C@@H]3CO4)c12. The normalized spacial score (nSPS) is 28.1. The first-order valence-corrected chi connectivity index (χ1v) is 16.3. The van der Waals surface area contributed by atoms with Crippen molar-refractivity contribution in [1.82, 2.24) is 25.2 Å². The van der Waals surface area contributed by atoms with E-state index in [1.165, 1.54) is 24.3 Å². The van der Waals surface area contributed by atoms with Crippen LogP contribution in [-0.2, 0) is 0 Å². The molecule has 0 aliphatic carbocycles. The molecule has 7 heterocycles. The van der Waals surface area contributed by atoms with Crippen LogP contribution in [0.4, 0.5) is 19.0 Å². The summed E-state index contributed by atoms with van der Waals surface area (Å²) in [7, 11) is 0. The Hall–Kier alpha value is -4.34. The van der Waals surface area contributed by atoms with Crippen LogP contribution in [0.1, 0.15) is 44.1 Å². The van der Waals surface area contributed by atoms with Gasteiger partial charge in [0.1, 0.15) is 53.4 Å². The minimum atomic E-state index is -0.928. The quantitative estimate of drug-likeness (QED) is 0.303. The number of ether oxygens (including phenoxy) is 2. The number of piperazine rings is 1. The minimum absolute atomic E-state index is 0.0153. The molecule has 0 spiro atoms. The second-order valence-electron chi connectivity index (χ2n) is 13.6. The Morgan fingerprint density at radius 2 is 2.02 bits per heavy atom. The van der Waals surface area contributed by atoms with Crippen molar-refractivity contribution >= 4 is 27.5 Å². The van der Waals surface area contributed by atoms with E-state index in [1.54, 1.807) is 0 Å². The highest BCUT2D eigenvalue weighted by molar-refractivity contribution is 6.04. The molecule has 47 heavy (non-hydrogen) atoms. The van der Waals surface area contributed by atoms with Crippen LogP contribution in [0, 0.1) is 24.0 Å². The van der Waals surface area contributed by atoms with Crippen LogP contribution in [0.25, 0.3) is 32.9 Å². The van der Waals surface area contributed by atoms with Crippen LogP contribution in [-0.4, -0.2) is 87.6 Å². The maximum Gasteiger partial charge on any atom is 0.319 e. The molecule has 5 atom stereocenters. The molecule has 4 aromatic rings. The lowest BCUT2D eigenvalue weighted by Gasteiger charge is -2.48. The van der Waals surface area contributed by atoms with Crippen LogP contribution in [0.5, 0.6) is 17.6 Å². The smallest absolute Gasteiger partial charge is 0.319 e. The third-order valence-electron chi connectivity index (χ3n) is 10.9. The molecule has 2 aromatic carbocycles. The van der Waals surface area contributed by atoms with Gasteiger partial charge in [0, 0.05) is 42.5 Å². The van der Waals surface area contributed by atoms with E-state index in [4.69, 9.17) is 20.9 Å². The van der Waals surface area contributed by atoms with Gasteiger partial charge in [0.15, 0.2) is 5.82 Å². The Balaban J connectivity index is 1.25. The fraction of sp³-hybridized carbons (Fsp3) is 0.457. The largest absolute Gasteiger partial charge is 0.508 e. The molecule has 242 valence electrons. The van der Waals surface area contributed by atoms with Crippen molar-refractivity contribution in [2.24, 2.45) is 0 Å². The fourth-order valence-corrected chi connectivity index (χ4v) is 8.76. The maximum absolute atomic E-state index is 17.1. The highest BCUT2D eigenvalue weighted by Crippen LogP contribution is 2.45. The van der Waals surface area contributed by atoms with E-state index in [1.807, 2.05) is 0 Å². The Kier molecular flexibility index (Phi) is 6.50. The van der Waals surface area contributed by atoms with Crippen LogP contribution < -0.4 is 19.7 Å². The molecule has 5 aliphatic heterocycles. The number of aromatic hydroxyl groups is 1. The molecule has 2 aromatic heterocycles. The van der Waals surface area contributed by atoms with E-state index < -0.39 is 23.3 Å². The lowest BCUT2D eigenvalue weighted by molar-refractivity contribution is 0.107. The molecule has 0 unspecified atom stereocenters. The third kappa shape index (κ3) is 4.43. The van der Waals surface area contributed by atoms with Gasteiger partial charge in [-0.15, -0.1) is 6.42 Å². The van der Waals surface area contributed by atoms with Gasteiger partial charge in [0.05, 0.1) is 17.1 Å². The second-order valence-corrected chi connectivity index (χ2v) is 13.6. The van der Waals surface area contributed by atoms with Gasteiger partial charge in [-0.1, -0.05) is 18.4 Å². The van der Waals surface area contributed by atoms with Crippen molar-refractivity contribution in [1.29, 1.82) is 0 Å². The van der Waals surface area contributed by atoms with Crippen LogP contribution in [0.2, 0.25) is 0 Å². The number of alkyl halides is 1. The van der Waals surface area contributed by atoms with Crippen molar-refractivity contribution < 1.29 is 27.8 Å². The van der Waals surface area contributed by atoms with Crippen molar-refractivity contribution in [3.63, 3.8) is 0 Å². The predicted molar refractivity (Wildman–Crippen MR) is 170 cm³/mol. The number of rotatable bonds is 4. The Morgan fingerprint density at radius 3 is 2.89 bits per heavy atom. The number of piperidine rings is 1. The summed E-state index contributed by atoms with van der Waals surface area (Å²) in [5.41, 5.74) is -0.683. The average Bonchev–Trinajstić information content (AvgIpc) is 3.54. The number of aromatic nitrogens is 3. The number of phenols is 1. The van der Waals surface area contributed by atoms with E-state index in [9.17, 15) is 13.9 Å². The van der Waals surface area contributed by atoms with Crippen LogP contribution in [0.3, 0.4) is 0 Å². The van der Waals surface area contributed by atoms with Crippen LogP contribution in [0.15, 0.2) is 24.3 Å². The van der Waals surface area contributed by atoms with Gasteiger partial charge in [-0.3, -0.25) is 4.90 Å². The molecule has 0 amide bonds. The standard InChI is InChI=1S/C35H33F3N6O3/c1-2-22-24(37)8-7-18-11-21(45)12-23(27(18)22)30-29(38)31-28-32(42-34(41-31)47-17-35-9-4-10-43(35)14-19(36)13-35)44-15-20-5-3-6-25(39-20)26(44)16-46-33(28)40-30/h1,7-8,11-12,19-20,25-26,39,45H,3-6,9-10,13-17H2/t19-,20+,25-,26+,35+/m1/s1. The molecular formula is C35H33F3N6O3. The highest BCUT2D eigenvalue weighted by atomic mass is 19.1. The average molecular weight is 643 g/mol. The number of hydrogen-bond donors (Lipinski definition) is 2. The van der Waals surface area contributed by atoms with Gasteiger partial charge >= 0.3 is 6.01 Å². The van der Waals surface area contributed by atoms with Crippen molar-refractivity contribution in [3.05, 3.63) is 41.5 Å². The lowest BCUT2D eigenvalue weighted by Crippen LogP contribution is -2.65. The van der Waals surface area contributed by atoms with Gasteiger partial charge in [-0.2, -0.15) is 9.97 Å². The molecule has 0 saturated carbocycles. The van der Waals surface area contributed by atoms with Gasteiger partial charge < -0.3 is 24.8 Å². The van der Waals surface area contributed by atoms with E-state index in [0.717, 1.165) is 38.6 Å². The van der Waals surface area contributed by atoms with Gasteiger partial charge in [0.25, 0.3) is 0 Å². The number of phenolic OH excluding ortho intramolecular Hbond substituents is 1. The summed E-state index contributed by atoms with van der Waals surface area (Å²) in [6, 6.07) is 5.71. The Bertz CT molecular complexity index is 2000. The molecule has 2 bridgehead atoms. The number of nitrogens with zero attached hydrogens (tertiary/aromatic N) is 5. The summed E-state index contributed by atoms with van der Waals surface area (Å²) in [5, 5.41) is 15.4. The van der Waals surface area contributed by atoms with Crippen molar-refractivity contribution in [2.45, 2.75) is 68.4 Å². The van der Waals surface area contributed by atoms with E-state index in [0.29, 0.717) is 36.1 Å². The lowest BCUT2D eigenvalue weighted by atomic mass is 9.88. The van der Waals surface area contributed by atoms with Gasteiger partial charge in [-0.25, -0.2) is 18.2 Å². The first kappa shape index (κ1) is 28.8. The summed E-state index contributed by atoms with van der Waals surface area (Å²) < 4.78 is 59.2. The zero-order valence-electron chi connectivity index (χ0n) is 25.6. The van der Waals surface area contributed by atoms with E-state index >= 15 is 4.39 Å². The Labute approximate surface area is 269 Å². The number of hydrogen-bond acceptors (Lipinski definition) is 9. The molecule has 4 saturated heterocycles. The summed E-state index contributed by atoms with van der Waals surface area (Å²) >= 11 is 0. The zero-order valence-corrected chi connectivity index (χ0v) is 25.6. The van der Waals surface area contributed by atoms with Crippen molar-refractivity contribution in [3.8, 4) is 41.2 Å². The van der Waals surface area contributed by atoms with E-state index in [-0.39, 0.29) is 76.7 Å². The maximum atomic E-state index is 17.1. The first-order chi connectivity index (χ1) is 22.8.